The van der Waals surface area contributed by atoms with Crippen molar-refractivity contribution in [1.29, 1.82) is 0 Å². The van der Waals surface area contributed by atoms with Crippen LogP contribution in [0.25, 0.3) is 0 Å². The SMILES string of the molecule is CCOc1nc(S[C@H](C(C)=O)C(=O)Nc2ccccc2)nc(N(C)C)n1. The van der Waals surface area contributed by atoms with Crippen LogP contribution in [-0.2, 0) is 9.59 Å². The van der Waals surface area contributed by atoms with E-state index >= 15 is 0 Å². The Balaban J connectivity index is 2.23. The molecule has 26 heavy (non-hydrogen) atoms. The number of aromatic nitrogens is 3. The minimum Gasteiger partial charge on any atom is -0.464 e. The molecule has 1 aromatic carbocycles. The molecule has 0 saturated heterocycles. The summed E-state index contributed by atoms with van der Waals surface area (Å²) in [5.74, 6) is -0.344. The van der Waals surface area contributed by atoms with Gasteiger partial charge < -0.3 is 15.0 Å². The summed E-state index contributed by atoms with van der Waals surface area (Å²) >= 11 is 0.965. The Morgan fingerprint density at radius 1 is 1.19 bits per heavy atom. The molecular formula is C17H21N5O3S. The number of carbonyl (C=O) groups excluding carboxylic acids is 2. The molecule has 2 aromatic rings. The third kappa shape index (κ3) is 5.41. The lowest BCUT2D eigenvalue weighted by atomic mass is 10.2. The van der Waals surface area contributed by atoms with E-state index in [1.807, 2.05) is 13.0 Å². The predicted octanol–water partition coefficient (Wildman–Crippen LogP) is 2.02. The molecule has 1 N–H and O–H groups in total. The van der Waals surface area contributed by atoms with Crippen molar-refractivity contribution in [2.24, 2.45) is 0 Å². The average Bonchev–Trinajstić information content (AvgIpc) is 2.60. The molecule has 0 bridgehead atoms. The molecule has 1 atom stereocenters. The van der Waals surface area contributed by atoms with E-state index in [1.54, 1.807) is 43.3 Å². The molecule has 0 fully saturated rings. The van der Waals surface area contributed by atoms with E-state index < -0.39 is 11.2 Å². The molecule has 0 aliphatic rings. The van der Waals surface area contributed by atoms with Gasteiger partial charge in [-0.25, -0.2) is 0 Å². The van der Waals surface area contributed by atoms with Gasteiger partial charge in [0.25, 0.3) is 0 Å². The zero-order valence-corrected chi connectivity index (χ0v) is 15.9. The number of ketones is 1. The van der Waals surface area contributed by atoms with Crippen LogP contribution in [-0.4, -0.2) is 52.6 Å². The minimum absolute atomic E-state index is 0.152. The monoisotopic (exact) mass is 375 g/mol. The van der Waals surface area contributed by atoms with Gasteiger partial charge in [-0.3, -0.25) is 9.59 Å². The summed E-state index contributed by atoms with van der Waals surface area (Å²) < 4.78 is 5.35. The zero-order valence-electron chi connectivity index (χ0n) is 15.1. The molecule has 2 rings (SSSR count). The maximum atomic E-state index is 12.5. The molecule has 0 saturated carbocycles. The number of para-hydroxylation sites is 1. The lowest BCUT2D eigenvalue weighted by Crippen LogP contribution is -2.31. The van der Waals surface area contributed by atoms with Crippen molar-refractivity contribution >= 4 is 35.1 Å². The lowest BCUT2D eigenvalue weighted by molar-refractivity contribution is -0.123. The minimum atomic E-state index is -0.984. The third-order valence-electron chi connectivity index (χ3n) is 3.13. The van der Waals surface area contributed by atoms with Crippen LogP contribution in [0.2, 0.25) is 0 Å². The standard InChI is InChI=1S/C17H21N5O3S/c1-5-25-16-19-15(22(3)4)20-17(21-16)26-13(11(2)23)14(24)18-12-9-7-6-8-10-12/h6-10,13H,5H2,1-4H3,(H,18,24)/t13-/m1/s1. The lowest BCUT2D eigenvalue weighted by Gasteiger charge is -2.15. The first kappa shape index (κ1) is 19.6. The second kappa shape index (κ2) is 9.14. The molecule has 8 nitrogen and oxygen atoms in total. The van der Waals surface area contributed by atoms with E-state index in [-0.39, 0.29) is 17.0 Å². The highest BCUT2D eigenvalue weighted by molar-refractivity contribution is 8.01. The van der Waals surface area contributed by atoms with Crippen LogP contribution in [0.15, 0.2) is 35.5 Å². The number of hydrogen-bond donors (Lipinski definition) is 1. The van der Waals surface area contributed by atoms with E-state index in [9.17, 15) is 9.59 Å². The maximum absolute atomic E-state index is 12.5. The molecule has 9 heteroatoms. The van der Waals surface area contributed by atoms with E-state index in [0.717, 1.165) is 11.8 Å². The van der Waals surface area contributed by atoms with E-state index in [1.165, 1.54) is 6.92 Å². The van der Waals surface area contributed by atoms with Crippen molar-refractivity contribution in [2.45, 2.75) is 24.3 Å². The summed E-state index contributed by atoms with van der Waals surface area (Å²) in [5, 5.41) is 1.99. The van der Waals surface area contributed by atoms with Gasteiger partial charge in [0.2, 0.25) is 11.9 Å². The van der Waals surface area contributed by atoms with Gasteiger partial charge in [0.15, 0.2) is 10.9 Å². The number of nitrogens with zero attached hydrogens (tertiary/aromatic N) is 4. The van der Waals surface area contributed by atoms with Crippen LogP contribution in [0.5, 0.6) is 6.01 Å². The second-order valence-electron chi connectivity index (χ2n) is 5.49. The Labute approximate surface area is 156 Å². The van der Waals surface area contributed by atoms with Gasteiger partial charge in [-0.15, -0.1) is 0 Å². The Kier molecular flexibility index (Phi) is 6.90. The van der Waals surface area contributed by atoms with Gasteiger partial charge >= 0.3 is 6.01 Å². The van der Waals surface area contributed by atoms with Crippen molar-refractivity contribution in [2.75, 3.05) is 30.9 Å². The summed E-state index contributed by atoms with van der Waals surface area (Å²) in [7, 11) is 3.56. The topological polar surface area (TPSA) is 97.3 Å². The summed E-state index contributed by atoms with van der Waals surface area (Å²) in [6.45, 7) is 3.57. The van der Waals surface area contributed by atoms with Crippen LogP contribution < -0.4 is 15.0 Å². The molecular weight excluding hydrogens is 354 g/mol. The molecule has 1 amide bonds. The van der Waals surface area contributed by atoms with E-state index in [4.69, 9.17) is 4.74 Å². The van der Waals surface area contributed by atoms with Crippen molar-refractivity contribution in [1.82, 2.24) is 15.0 Å². The second-order valence-corrected chi connectivity index (χ2v) is 6.56. The fourth-order valence-electron chi connectivity index (χ4n) is 1.93. The summed E-state index contributed by atoms with van der Waals surface area (Å²) in [5.41, 5.74) is 0.615. The number of carbonyl (C=O) groups is 2. The Morgan fingerprint density at radius 2 is 1.88 bits per heavy atom. The number of thioether (sulfide) groups is 1. The number of benzene rings is 1. The molecule has 138 valence electrons. The molecule has 0 aliphatic carbocycles. The van der Waals surface area contributed by atoms with E-state index in [0.29, 0.717) is 18.2 Å². The van der Waals surface area contributed by atoms with E-state index in [2.05, 4.69) is 20.3 Å². The maximum Gasteiger partial charge on any atom is 0.322 e. The number of amides is 1. The number of ether oxygens (including phenoxy) is 1. The van der Waals surface area contributed by atoms with Gasteiger partial charge in [-0.1, -0.05) is 30.0 Å². The number of nitrogens with one attached hydrogen (secondary N) is 1. The summed E-state index contributed by atoms with van der Waals surface area (Å²) in [6.07, 6.45) is 0. The van der Waals surface area contributed by atoms with Crippen LogP contribution in [0, 0.1) is 0 Å². The van der Waals surface area contributed by atoms with Crippen molar-refractivity contribution in [3.05, 3.63) is 30.3 Å². The first-order valence-electron chi connectivity index (χ1n) is 8.00. The Morgan fingerprint density at radius 3 is 2.46 bits per heavy atom. The smallest absolute Gasteiger partial charge is 0.322 e. The molecule has 0 unspecified atom stereocenters. The highest BCUT2D eigenvalue weighted by atomic mass is 32.2. The van der Waals surface area contributed by atoms with Gasteiger partial charge in [0.1, 0.15) is 5.25 Å². The number of anilines is 2. The van der Waals surface area contributed by atoms with Crippen LogP contribution in [0.1, 0.15) is 13.8 Å². The highest BCUT2D eigenvalue weighted by Gasteiger charge is 2.27. The fraction of sp³-hybridized carbons (Fsp3) is 0.353. The van der Waals surface area contributed by atoms with Crippen molar-refractivity contribution in [3.63, 3.8) is 0 Å². The molecule has 1 aromatic heterocycles. The van der Waals surface area contributed by atoms with Gasteiger partial charge in [0, 0.05) is 19.8 Å². The first-order chi connectivity index (χ1) is 12.4. The fourth-order valence-corrected chi connectivity index (χ4v) is 2.74. The number of Topliss-reactive ketones (excluding diaryl/α,β-unsaturated/α-hetero) is 1. The number of hydrogen-bond acceptors (Lipinski definition) is 8. The van der Waals surface area contributed by atoms with Gasteiger partial charge in [-0.05, 0) is 26.0 Å². The van der Waals surface area contributed by atoms with Crippen LogP contribution in [0.3, 0.4) is 0 Å². The average molecular weight is 375 g/mol. The third-order valence-corrected chi connectivity index (χ3v) is 4.30. The van der Waals surface area contributed by atoms with Crippen molar-refractivity contribution in [3.8, 4) is 6.01 Å². The molecule has 0 spiro atoms. The molecule has 1 heterocycles. The van der Waals surface area contributed by atoms with Gasteiger partial charge in [-0.2, -0.15) is 15.0 Å². The largest absolute Gasteiger partial charge is 0.464 e. The van der Waals surface area contributed by atoms with Crippen molar-refractivity contribution < 1.29 is 14.3 Å². The highest BCUT2D eigenvalue weighted by Crippen LogP contribution is 2.25. The zero-order chi connectivity index (χ0) is 19.1. The molecule has 0 radical (unpaired) electrons. The van der Waals surface area contributed by atoms with Crippen LogP contribution in [0.4, 0.5) is 11.6 Å². The normalized spacial score (nSPS) is 11.5. The summed E-state index contributed by atoms with van der Waals surface area (Å²) in [4.78, 5) is 38.9. The first-order valence-corrected chi connectivity index (χ1v) is 8.88. The molecule has 0 aliphatic heterocycles. The van der Waals surface area contributed by atoms with Gasteiger partial charge in [0.05, 0.1) is 6.61 Å². The predicted molar refractivity (Wildman–Crippen MR) is 101 cm³/mol. The Hall–Kier alpha value is -2.68. The Bertz CT molecular complexity index is 770. The van der Waals surface area contributed by atoms with Crippen LogP contribution >= 0.6 is 11.8 Å². The quantitative estimate of drug-likeness (QED) is 0.553. The summed E-state index contributed by atoms with van der Waals surface area (Å²) in [6, 6.07) is 9.10. The number of rotatable bonds is 8.